The Hall–Kier alpha value is -0.680. The Bertz CT molecular complexity index is 263. The lowest BCUT2D eigenvalue weighted by Gasteiger charge is -2.26. The van der Waals surface area contributed by atoms with E-state index in [0.29, 0.717) is 24.7 Å². The second kappa shape index (κ2) is 6.15. The number of nitrogens with two attached hydrogens (primary N) is 1. The Labute approximate surface area is 102 Å². The monoisotopic (exact) mass is 244 g/mol. The molecular weight excluding hydrogens is 224 g/mol. The van der Waals surface area contributed by atoms with Gasteiger partial charge in [0.2, 0.25) is 5.91 Å². The summed E-state index contributed by atoms with van der Waals surface area (Å²) in [6.45, 7) is 3.65. The van der Waals surface area contributed by atoms with E-state index >= 15 is 0 Å². The number of carbonyl (C=O) groups excluding carboxylic acids is 1. The molecule has 0 aromatic carbocycles. The van der Waals surface area contributed by atoms with E-state index in [-0.39, 0.29) is 5.91 Å². The normalized spacial score (nSPS) is 18.3. The molecular formula is C11H20N2O2S. The predicted molar refractivity (Wildman–Crippen MR) is 67.2 cm³/mol. The fraction of sp³-hybridized carbons (Fsp3) is 0.818. The molecule has 0 spiro atoms. The average Bonchev–Trinajstić information content (AvgIpc) is 2.74. The van der Waals surface area contributed by atoms with Gasteiger partial charge in [0.1, 0.15) is 0 Å². The molecule has 1 rings (SSSR count). The van der Waals surface area contributed by atoms with E-state index in [0.717, 1.165) is 25.7 Å². The summed E-state index contributed by atoms with van der Waals surface area (Å²) in [6.07, 6.45) is 3.61. The second-order valence-corrected chi connectivity index (χ2v) is 4.55. The van der Waals surface area contributed by atoms with Crippen LogP contribution in [0.3, 0.4) is 0 Å². The highest BCUT2D eigenvalue weighted by Gasteiger charge is 2.43. The zero-order chi connectivity index (χ0) is 12.0. The summed E-state index contributed by atoms with van der Waals surface area (Å²) in [4.78, 5) is 12.4. The largest absolute Gasteiger partial charge is 0.392 e. The number of hydrogen-bond donors (Lipinski definition) is 2. The van der Waals surface area contributed by atoms with Gasteiger partial charge in [-0.3, -0.25) is 4.79 Å². The first kappa shape index (κ1) is 13.4. The summed E-state index contributed by atoms with van der Waals surface area (Å²) in [6, 6.07) is 0. The van der Waals surface area contributed by atoms with Crippen molar-refractivity contribution < 1.29 is 9.53 Å². The van der Waals surface area contributed by atoms with Gasteiger partial charge in [-0.2, -0.15) is 0 Å². The van der Waals surface area contributed by atoms with Gasteiger partial charge in [-0.1, -0.05) is 25.1 Å². The van der Waals surface area contributed by atoms with E-state index in [1.807, 2.05) is 6.92 Å². The summed E-state index contributed by atoms with van der Waals surface area (Å²) < 4.78 is 5.16. The molecule has 0 atom stereocenters. The zero-order valence-corrected chi connectivity index (χ0v) is 10.6. The van der Waals surface area contributed by atoms with Gasteiger partial charge in [-0.15, -0.1) is 0 Å². The molecule has 0 radical (unpaired) electrons. The van der Waals surface area contributed by atoms with Gasteiger partial charge in [0.25, 0.3) is 0 Å². The molecule has 0 saturated heterocycles. The van der Waals surface area contributed by atoms with Crippen molar-refractivity contribution in [1.82, 2.24) is 5.32 Å². The highest BCUT2D eigenvalue weighted by atomic mass is 32.1. The third-order valence-electron chi connectivity index (χ3n) is 3.10. The second-order valence-electron chi connectivity index (χ2n) is 4.11. The molecule has 1 fully saturated rings. The van der Waals surface area contributed by atoms with Gasteiger partial charge in [0.05, 0.1) is 17.0 Å². The van der Waals surface area contributed by atoms with Crippen molar-refractivity contribution in [3.63, 3.8) is 0 Å². The van der Waals surface area contributed by atoms with Gasteiger partial charge in [-0.25, -0.2) is 0 Å². The lowest BCUT2D eigenvalue weighted by molar-refractivity contribution is -0.127. The number of ether oxygens (including phenoxy) is 1. The van der Waals surface area contributed by atoms with Gasteiger partial charge < -0.3 is 15.8 Å². The first-order valence-corrected chi connectivity index (χ1v) is 6.20. The van der Waals surface area contributed by atoms with Crippen LogP contribution in [0.1, 0.15) is 32.6 Å². The van der Waals surface area contributed by atoms with Crippen LogP contribution in [0.2, 0.25) is 0 Å². The van der Waals surface area contributed by atoms with Crippen LogP contribution in [0, 0.1) is 5.41 Å². The molecule has 0 bridgehead atoms. The quantitative estimate of drug-likeness (QED) is 0.540. The smallest absolute Gasteiger partial charge is 0.233 e. The Morgan fingerprint density at radius 2 is 2.12 bits per heavy atom. The molecule has 0 unspecified atom stereocenters. The summed E-state index contributed by atoms with van der Waals surface area (Å²) in [5.41, 5.74) is 5.11. The molecule has 0 aromatic heterocycles. The fourth-order valence-electron chi connectivity index (χ4n) is 2.11. The molecule has 0 aromatic rings. The predicted octanol–water partition coefficient (Wildman–Crippen LogP) is 0.986. The summed E-state index contributed by atoms with van der Waals surface area (Å²) in [7, 11) is 0. The highest BCUT2D eigenvalue weighted by molar-refractivity contribution is 7.80. The van der Waals surface area contributed by atoms with Crippen LogP contribution in [0.4, 0.5) is 0 Å². The number of hydrogen-bond acceptors (Lipinski definition) is 3. The zero-order valence-electron chi connectivity index (χ0n) is 9.75. The molecule has 0 heterocycles. The fourth-order valence-corrected chi connectivity index (χ4v) is 2.41. The number of nitrogens with one attached hydrogen (secondary N) is 1. The maximum Gasteiger partial charge on any atom is 0.233 e. The van der Waals surface area contributed by atoms with E-state index in [4.69, 9.17) is 22.7 Å². The van der Waals surface area contributed by atoms with E-state index < -0.39 is 5.41 Å². The van der Waals surface area contributed by atoms with Crippen molar-refractivity contribution in [2.24, 2.45) is 11.1 Å². The lowest BCUT2D eigenvalue weighted by atomic mass is 9.85. The molecule has 1 saturated carbocycles. The SMILES string of the molecule is CCOCCNC(=O)C1(C(N)=S)CCCC1. The van der Waals surface area contributed by atoms with Crippen LogP contribution in [0.25, 0.3) is 0 Å². The Kier molecular flexibility index (Phi) is 5.15. The minimum absolute atomic E-state index is 0.0304. The van der Waals surface area contributed by atoms with Crippen LogP contribution < -0.4 is 11.1 Å². The van der Waals surface area contributed by atoms with Crippen molar-refractivity contribution in [3.8, 4) is 0 Å². The molecule has 1 aliphatic rings. The first-order chi connectivity index (χ1) is 7.63. The van der Waals surface area contributed by atoms with Crippen LogP contribution in [0.15, 0.2) is 0 Å². The van der Waals surface area contributed by atoms with Crippen molar-refractivity contribution in [2.75, 3.05) is 19.8 Å². The first-order valence-electron chi connectivity index (χ1n) is 5.79. The topological polar surface area (TPSA) is 64.3 Å². The highest BCUT2D eigenvalue weighted by Crippen LogP contribution is 2.38. The molecule has 5 heteroatoms. The van der Waals surface area contributed by atoms with E-state index in [1.54, 1.807) is 0 Å². The van der Waals surface area contributed by atoms with Crippen molar-refractivity contribution >= 4 is 23.1 Å². The van der Waals surface area contributed by atoms with E-state index in [9.17, 15) is 4.79 Å². The van der Waals surface area contributed by atoms with E-state index in [2.05, 4.69) is 5.32 Å². The third-order valence-corrected chi connectivity index (χ3v) is 3.49. The Morgan fingerprint density at radius 1 is 1.50 bits per heavy atom. The number of rotatable bonds is 6. The number of thiocarbonyl (C=S) groups is 1. The van der Waals surface area contributed by atoms with Crippen molar-refractivity contribution in [2.45, 2.75) is 32.6 Å². The Balaban J connectivity index is 2.46. The third kappa shape index (κ3) is 2.92. The minimum Gasteiger partial charge on any atom is -0.392 e. The minimum atomic E-state index is -0.596. The molecule has 3 N–H and O–H groups in total. The molecule has 92 valence electrons. The van der Waals surface area contributed by atoms with Crippen LogP contribution >= 0.6 is 12.2 Å². The summed E-state index contributed by atoms with van der Waals surface area (Å²) in [5, 5.41) is 2.85. The standard InChI is InChI=1S/C11H20N2O2S/c1-2-15-8-7-13-10(14)11(9(12)16)5-3-4-6-11/h2-8H2,1H3,(H2,12,16)(H,13,14). The van der Waals surface area contributed by atoms with Crippen molar-refractivity contribution in [1.29, 1.82) is 0 Å². The van der Waals surface area contributed by atoms with Crippen LogP contribution in [-0.4, -0.2) is 30.7 Å². The maximum absolute atomic E-state index is 12.0. The average molecular weight is 244 g/mol. The lowest BCUT2D eigenvalue weighted by Crippen LogP contribution is -2.47. The molecule has 0 aliphatic heterocycles. The Morgan fingerprint density at radius 3 is 2.62 bits per heavy atom. The number of amides is 1. The van der Waals surface area contributed by atoms with Gasteiger partial charge in [-0.05, 0) is 19.8 Å². The van der Waals surface area contributed by atoms with Gasteiger partial charge in [0.15, 0.2) is 0 Å². The number of carbonyl (C=O) groups is 1. The van der Waals surface area contributed by atoms with Crippen molar-refractivity contribution in [3.05, 3.63) is 0 Å². The molecule has 16 heavy (non-hydrogen) atoms. The van der Waals surface area contributed by atoms with Crippen LogP contribution in [-0.2, 0) is 9.53 Å². The molecule has 4 nitrogen and oxygen atoms in total. The maximum atomic E-state index is 12.0. The molecule has 1 aliphatic carbocycles. The van der Waals surface area contributed by atoms with Gasteiger partial charge >= 0.3 is 0 Å². The van der Waals surface area contributed by atoms with Crippen LogP contribution in [0.5, 0.6) is 0 Å². The van der Waals surface area contributed by atoms with Gasteiger partial charge in [0, 0.05) is 13.2 Å². The summed E-state index contributed by atoms with van der Waals surface area (Å²) in [5.74, 6) is -0.0304. The summed E-state index contributed by atoms with van der Waals surface area (Å²) >= 11 is 5.03. The van der Waals surface area contributed by atoms with E-state index in [1.165, 1.54) is 0 Å². The molecule has 1 amide bonds.